The van der Waals surface area contributed by atoms with Gasteiger partial charge in [0.15, 0.2) is 11.0 Å². The van der Waals surface area contributed by atoms with Crippen LogP contribution in [0.4, 0.5) is 0 Å². The molecular weight excluding hydrogens is 364 g/mol. The Morgan fingerprint density at radius 2 is 2.15 bits per heavy atom. The van der Waals surface area contributed by atoms with E-state index in [1.807, 2.05) is 36.6 Å². The Morgan fingerprint density at radius 3 is 2.85 bits per heavy atom. The first-order valence-corrected chi connectivity index (χ1v) is 10.4. The average Bonchev–Trinajstić information content (AvgIpc) is 3.29. The largest absolute Gasteiger partial charge is 0.348 e. The molecule has 26 heavy (non-hydrogen) atoms. The fourth-order valence-corrected chi connectivity index (χ4v) is 4.25. The smallest absolute Gasteiger partial charge is 0.230 e. The van der Waals surface area contributed by atoms with E-state index in [2.05, 4.69) is 46.1 Å². The van der Waals surface area contributed by atoms with Gasteiger partial charge in [-0.05, 0) is 38.3 Å². The lowest BCUT2D eigenvalue weighted by molar-refractivity contribution is -0.119. The van der Waals surface area contributed by atoms with Gasteiger partial charge in [-0.1, -0.05) is 41.6 Å². The first-order chi connectivity index (χ1) is 12.6. The van der Waals surface area contributed by atoms with Crippen molar-refractivity contribution >= 4 is 29.0 Å². The van der Waals surface area contributed by atoms with E-state index in [0.717, 1.165) is 28.0 Å². The molecule has 3 aromatic rings. The van der Waals surface area contributed by atoms with Crippen LogP contribution in [0.15, 0.2) is 46.9 Å². The molecule has 1 atom stereocenters. The van der Waals surface area contributed by atoms with Gasteiger partial charge in [-0.2, -0.15) is 0 Å². The van der Waals surface area contributed by atoms with Gasteiger partial charge in [0.05, 0.1) is 11.8 Å². The average molecular weight is 387 g/mol. The van der Waals surface area contributed by atoms with E-state index in [0.29, 0.717) is 5.75 Å². The number of rotatable bonds is 7. The lowest BCUT2D eigenvalue weighted by atomic mass is 10.1. The normalized spacial score (nSPS) is 12.1. The molecule has 3 rings (SSSR count). The fraction of sp³-hybridized carbons (Fsp3) is 0.316. The van der Waals surface area contributed by atoms with Crippen LogP contribution in [0.2, 0.25) is 0 Å². The van der Waals surface area contributed by atoms with Crippen molar-refractivity contribution in [1.29, 1.82) is 0 Å². The van der Waals surface area contributed by atoms with Gasteiger partial charge in [0.1, 0.15) is 0 Å². The Kier molecular flexibility index (Phi) is 6.11. The van der Waals surface area contributed by atoms with E-state index in [-0.39, 0.29) is 11.9 Å². The third-order valence-electron chi connectivity index (χ3n) is 3.99. The van der Waals surface area contributed by atoms with Crippen molar-refractivity contribution in [3.8, 4) is 11.4 Å². The van der Waals surface area contributed by atoms with Gasteiger partial charge >= 0.3 is 0 Å². The molecule has 2 heterocycles. The summed E-state index contributed by atoms with van der Waals surface area (Å²) in [4.78, 5) is 13.4. The Hall–Kier alpha value is -2.12. The number of carbonyl (C=O) groups excluding carboxylic acids is 1. The summed E-state index contributed by atoms with van der Waals surface area (Å²) in [6.45, 7) is 6.88. The van der Waals surface area contributed by atoms with Gasteiger partial charge in [0.2, 0.25) is 5.91 Å². The zero-order valence-corrected chi connectivity index (χ0v) is 16.7. The van der Waals surface area contributed by atoms with Crippen LogP contribution in [0.3, 0.4) is 0 Å². The van der Waals surface area contributed by atoms with Crippen LogP contribution in [0.1, 0.15) is 30.3 Å². The molecule has 0 aliphatic carbocycles. The van der Waals surface area contributed by atoms with E-state index < -0.39 is 0 Å². The van der Waals surface area contributed by atoms with Gasteiger partial charge < -0.3 is 9.88 Å². The van der Waals surface area contributed by atoms with Crippen molar-refractivity contribution in [3.63, 3.8) is 0 Å². The topological polar surface area (TPSA) is 59.8 Å². The van der Waals surface area contributed by atoms with Gasteiger partial charge in [0, 0.05) is 17.0 Å². The van der Waals surface area contributed by atoms with Crippen LogP contribution in [-0.4, -0.2) is 26.4 Å². The zero-order valence-electron chi connectivity index (χ0n) is 15.1. The van der Waals surface area contributed by atoms with Crippen LogP contribution in [0.5, 0.6) is 0 Å². The molecule has 2 aromatic heterocycles. The molecule has 7 heteroatoms. The maximum Gasteiger partial charge on any atom is 0.230 e. The number of nitrogens with zero attached hydrogens (tertiary/aromatic N) is 3. The SMILES string of the molecule is CCn1c(SCC(=O)NC(C)c2cccs2)nnc1-c1cccc(C)c1. The molecule has 0 radical (unpaired) electrons. The Balaban J connectivity index is 1.66. The third-order valence-corrected chi connectivity index (χ3v) is 6.01. The fourth-order valence-electron chi connectivity index (χ4n) is 2.70. The number of carbonyl (C=O) groups is 1. The van der Waals surface area contributed by atoms with E-state index in [9.17, 15) is 4.79 Å². The van der Waals surface area contributed by atoms with Crippen molar-refractivity contribution in [3.05, 3.63) is 52.2 Å². The summed E-state index contributed by atoms with van der Waals surface area (Å²) < 4.78 is 2.05. The predicted octanol–water partition coefficient (Wildman–Crippen LogP) is 4.30. The van der Waals surface area contributed by atoms with Crippen molar-refractivity contribution in [1.82, 2.24) is 20.1 Å². The number of thioether (sulfide) groups is 1. The summed E-state index contributed by atoms with van der Waals surface area (Å²) in [5, 5.41) is 14.4. The highest BCUT2D eigenvalue weighted by molar-refractivity contribution is 7.99. The summed E-state index contributed by atoms with van der Waals surface area (Å²) in [6.07, 6.45) is 0. The molecule has 0 saturated heterocycles. The number of hydrogen-bond donors (Lipinski definition) is 1. The maximum absolute atomic E-state index is 12.3. The van der Waals surface area contributed by atoms with Crippen LogP contribution < -0.4 is 5.32 Å². The minimum atomic E-state index is -0.00124. The Morgan fingerprint density at radius 1 is 1.31 bits per heavy atom. The number of benzene rings is 1. The van der Waals surface area contributed by atoms with Gasteiger partial charge in [-0.3, -0.25) is 4.79 Å². The second kappa shape index (κ2) is 8.51. The molecule has 0 bridgehead atoms. The summed E-state index contributed by atoms with van der Waals surface area (Å²) in [5.41, 5.74) is 2.23. The van der Waals surface area contributed by atoms with Crippen molar-refractivity contribution in [2.75, 3.05) is 5.75 Å². The Labute approximate surface area is 161 Å². The van der Waals surface area contributed by atoms with Crippen molar-refractivity contribution in [2.24, 2.45) is 0 Å². The van der Waals surface area contributed by atoms with Crippen LogP contribution in [-0.2, 0) is 11.3 Å². The maximum atomic E-state index is 12.3. The lowest BCUT2D eigenvalue weighted by Crippen LogP contribution is -2.27. The number of aromatic nitrogens is 3. The molecule has 0 aliphatic heterocycles. The summed E-state index contributed by atoms with van der Waals surface area (Å²) in [6, 6.07) is 12.3. The highest BCUT2D eigenvalue weighted by Crippen LogP contribution is 2.25. The minimum Gasteiger partial charge on any atom is -0.348 e. The lowest BCUT2D eigenvalue weighted by Gasteiger charge is -2.12. The first-order valence-electron chi connectivity index (χ1n) is 8.54. The molecule has 0 fully saturated rings. The highest BCUT2D eigenvalue weighted by Gasteiger charge is 2.16. The van der Waals surface area contributed by atoms with Crippen LogP contribution >= 0.6 is 23.1 Å². The predicted molar refractivity (Wildman–Crippen MR) is 107 cm³/mol. The van der Waals surface area contributed by atoms with E-state index in [4.69, 9.17) is 0 Å². The van der Waals surface area contributed by atoms with Gasteiger partial charge in [-0.15, -0.1) is 21.5 Å². The molecule has 1 aromatic carbocycles. The summed E-state index contributed by atoms with van der Waals surface area (Å²) in [7, 11) is 0. The zero-order chi connectivity index (χ0) is 18.5. The molecule has 1 amide bonds. The van der Waals surface area contributed by atoms with E-state index >= 15 is 0 Å². The number of nitrogens with one attached hydrogen (secondary N) is 1. The summed E-state index contributed by atoms with van der Waals surface area (Å²) in [5.74, 6) is 1.16. The second-order valence-electron chi connectivity index (χ2n) is 6.01. The van der Waals surface area contributed by atoms with E-state index in [1.165, 1.54) is 17.3 Å². The molecule has 136 valence electrons. The number of hydrogen-bond acceptors (Lipinski definition) is 5. The molecule has 0 spiro atoms. The van der Waals surface area contributed by atoms with Crippen molar-refractivity contribution in [2.45, 2.75) is 38.5 Å². The highest BCUT2D eigenvalue weighted by atomic mass is 32.2. The molecule has 0 aliphatic rings. The number of thiophene rings is 1. The minimum absolute atomic E-state index is 0.00124. The third kappa shape index (κ3) is 4.34. The molecule has 1 N–H and O–H groups in total. The monoisotopic (exact) mass is 386 g/mol. The van der Waals surface area contributed by atoms with Crippen molar-refractivity contribution < 1.29 is 4.79 Å². The quantitative estimate of drug-likeness (QED) is 0.615. The Bertz CT molecular complexity index is 874. The molecule has 1 unspecified atom stereocenters. The standard InChI is InChI=1S/C19H22N4OS2/c1-4-23-18(15-8-5-7-13(2)11-15)21-22-19(23)26-12-17(24)20-14(3)16-9-6-10-25-16/h5-11,14H,4,12H2,1-3H3,(H,20,24). The second-order valence-corrected chi connectivity index (χ2v) is 7.93. The first kappa shape index (κ1) is 18.7. The van der Waals surface area contributed by atoms with Gasteiger partial charge in [-0.25, -0.2) is 0 Å². The molecule has 5 nitrogen and oxygen atoms in total. The van der Waals surface area contributed by atoms with Gasteiger partial charge in [0.25, 0.3) is 0 Å². The summed E-state index contributed by atoms with van der Waals surface area (Å²) >= 11 is 3.07. The van der Waals surface area contributed by atoms with Crippen LogP contribution in [0.25, 0.3) is 11.4 Å². The van der Waals surface area contributed by atoms with E-state index in [1.54, 1.807) is 11.3 Å². The molecular formula is C19H22N4OS2. The molecule has 0 saturated carbocycles. The number of amides is 1. The number of aryl methyl sites for hydroxylation is 1. The van der Waals surface area contributed by atoms with Crippen LogP contribution in [0, 0.1) is 6.92 Å².